The Morgan fingerprint density at radius 1 is 1.04 bits per heavy atom. The molecule has 2 aromatic carbocycles. The van der Waals surface area contributed by atoms with Crippen molar-refractivity contribution >= 4 is 18.3 Å². The van der Waals surface area contributed by atoms with E-state index in [1.807, 2.05) is 24.3 Å². The summed E-state index contributed by atoms with van der Waals surface area (Å²) in [5, 5.41) is 15.5. The molecule has 0 bridgehead atoms. The molecule has 2 aromatic rings. The van der Waals surface area contributed by atoms with E-state index in [2.05, 4.69) is 28.8 Å². The van der Waals surface area contributed by atoms with Gasteiger partial charge in [-0.2, -0.15) is 5.26 Å². The molecular formula is C19H18ClN3O. The number of rotatable bonds is 1. The molecule has 2 aliphatic rings. The SMILES string of the molecule is Cl.N#Cc1cccc(-c2ccc3c(c2)C(=O)NCC2CNCC32)c1. The Bertz CT molecular complexity index is 828. The van der Waals surface area contributed by atoms with Gasteiger partial charge in [0, 0.05) is 31.1 Å². The number of amides is 1. The van der Waals surface area contributed by atoms with Crippen LogP contribution in [0.3, 0.4) is 0 Å². The number of benzene rings is 2. The summed E-state index contributed by atoms with van der Waals surface area (Å²) < 4.78 is 0. The number of halogens is 1. The van der Waals surface area contributed by atoms with Crippen molar-refractivity contribution in [1.82, 2.24) is 10.6 Å². The van der Waals surface area contributed by atoms with Gasteiger partial charge in [-0.15, -0.1) is 12.4 Å². The highest BCUT2D eigenvalue weighted by molar-refractivity contribution is 5.97. The zero-order chi connectivity index (χ0) is 15.8. The molecule has 0 aromatic heterocycles. The van der Waals surface area contributed by atoms with Crippen molar-refractivity contribution in [1.29, 1.82) is 5.26 Å². The van der Waals surface area contributed by atoms with Gasteiger partial charge in [-0.05, 0) is 40.8 Å². The van der Waals surface area contributed by atoms with Gasteiger partial charge in [-0.25, -0.2) is 0 Å². The van der Waals surface area contributed by atoms with Gasteiger partial charge < -0.3 is 10.6 Å². The van der Waals surface area contributed by atoms with Crippen LogP contribution in [0, 0.1) is 17.2 Å². The first kappa shape index (κ1) is 16.5. The highest BCUT2D eigenvalue weighted by Crippen LogP contribution is 2.34. The lowest BCUT2D eigenvalue weighted by Crippen LogP contribution is -2.28. The normalized spacial score (nSPS) is 21.5. The van der Waals surface area contributed by atoms with E-state index in [0.29, 0.717) is 17.4 Å². The first-order valence-electron chi connectivity index (χ1n) is 7.89. The molecule has 0 aliphatic carbocycles. The molecule has 1 amide bonds. The molecule has 2 N–H and O–H groups in total. The predicted molar refractivity (Wildman–Crippen MR) is 95.3 cm³/mol. The topological polar surface area (TPSA) is 64.9 Å². The molecule has 0 saturated carbocycles. The van der Waals surface area contributed by atoms with Crippen LogP contribution in [-0.4, -0.2) is 25.5 Å². The largest absolute Gasteiger partial charge is 0.352 e. The fourth-order valence-electron chi connectivity index (χ4n) is 3.65. The van der Waals surface area contributed by atoms with Crippen LogP contribution in [-0.2, 0) is 0 Å². The molecule has 0 radical (unpaired) electrons. The van der Waals surface area contributed by atoms with Crippen LogP contribution in [0.4, 0.5) is 0 Å². The lowest BCUT2D eigenvalue weighted by Gasteiger charge is -2.16. The van der Waals surface area contributed by atoms with Gasteiger partial charge >= 0.3 is 0 Å². The monoisotopic (exact) mass is 339 g/mol. The number of hydrogen-bond donors (Lipinski definition) is 2. The van der Waals surface area contributed by atoms with Crippen molar-refractivity contribution in [2.45, 2.75) is 5.92 Å². The average Bonchev–Trinajstić information content (AvgIpc) is 3.03. The van der Waals surface area contributed by atoms with Gasteiger partial charge in [-0.3, -0.25) is 4.79 Å². The molecule has 1 fully saturated rings. The second kappa shape index (κ2) is 6.64. The van der Waals surface area contributed by atoms with Crippen molar-refractivity contribution in [3.8, 4) is 17.2 Å². The first-order chi connectivity index (χ1) is 11.3. The lowest BCUT2D eigenvalue weighted by atomic mass is 9.86. The third-order valence-electron chi connectivity index (χ3n) is 4.89. The van der Waals surface area contributed by atoms with Gasteiger partial charge in [0.2, 0.25) is 0 Å². The average molecular weight is 340 g/mol. The molecule has 4 nitrogen and oxygen atoms in total. The number of nitrogens with zero attached hydrogens (tertiary/aromatic N) is 1. The van der Waals surface area contributed by atoms with Crippen LogP contribution in [0.1, 0.15) is 27.4 Å². The third kappa shape index (κ3) is 2.77. The Balaban J connectivity index is 0.00000169. The number of nitrogens with one attached hydrogen (secondary N) is 2. The molecule has 24 heavy (non-hydrogen) atoms. The van der Waals surface area contributed by atoms with Crippen molar-refractivity contribution in [2.75, 3.05) is 19.6 Å². The minimum atomic E-state index is 0. The van der Waals surface area contributed by atoms with Crippen molar-refractivity contribution in [3.05, 3.63) is 59.2 Å². The minimum Gasteiger partial charge on any atom is -0.352 e. The fraction of sp³-hybridized carbons (Fsp3) is 0.263. The molecule has 2 atom stereocenters. The Labute approximate surface area is 147 Å². The summed E-state index contributed by atoms with van der Waals surface area (Å²) in [6.07, 6.45) is 0. The highest BCUT2D eigenvalue weighted by atomic mass is 35.5. The summed E-state index contributed by atoms with van der Waals surface area (Å²) in [6.45, 7) is 2.61. The van der Waals surface area contributed by atoms with E-state index in [-0.39, 0.29) is 18.3 Å². The number of carbonyl (C=O) groups is 1. The summed E-state index contributed by atoms with van der Waals surface area (Å²) in [7, 11) is 0. The third-order valence-corrected chi connectivity index (χ3v) is 4.89. The molecule has 1 saturated heterocycles. The second-order valence-corrected chi connectivity index (χ2v) is 6.23. The summed E-state index contributed by atoms with van der Waals surface area (Å²) in [5.74, 6) is 0.865. The maximum Gasteiger partial charge on any atom is 0.251 e. The molecule has 0 spiro atoms. The minimum absolute atomic E-state index is 0. The van der Waals surface area contributed by atoms with Crippen LogP contribution in [0.5, 0.6) is 0 Å². The maximum absolute atomic E-state index is 12.5. The maximum atomic E-state index is 12.5. The molecule has 2 aliphatic heterocycles. The molecule has 2 unspecified atom stereocenters. The fourth-order valence-corrected chi connectivity index (χ4v) is 3.65. The van der Waals surface area contributed by atoms with E-state index in [1.54, 1.807) is 6.07 Å². The smallest absolute Gasteiger partial charge is 0.251 e. The molecule has 2 heterocycles. The van der Waals surface area contributed by atoms with Crippen molar-refractivity contribution in [2.24, 2.45) is 5.92 Å². The zero-order valence-corrected chi connectivity index (χ0v) is 13.9. The first-order valence-corrected chi connectivity index (χ1v) is 7.89. The Kier molecular flexibility index (Phi) is 4.57. The summed E-state index contributed by atoms with van der Waals surface area (Å²) >= 11 is 0. The van der Waals surface area contributed by atoms with Crippen LogP contribution < -0.4 is 10.6 Å². The van der Waals surface area contributed by atoms with Crippen LogP contribution in [0.2, 0.25) is 0 Å². The van der Waals surface area contributed by atoms with Crippen LogP contribution >= 0.6 is 12.4 Å². The molecule has 122 valence electrons. The summed E-state index contributed by atoms with van der Waals surface area (Å²) in [5.41, 5.74) is 4.46. The molecule has 5 heteroatoms. The Morgan fingerprint density at radius 2 is 1.88 bits per heavy atom. The van der Waals surface area contributed by atoms with E-state index in [9.17, 15) is 4.79 Å². The number of carbonyl (C=O) groups excluding carboxylic acids is 1. The van der Waals surface area contributed by atoms with E-state index < -0.39 is 0 Å². The van der Waals surface area contributed by atoms with Crippen LogP contribution in [0.15, 0.2) is 42.5 Å². The van der Waals surface area contributed by atoms with Crippen molar-refractivity contribution in [3.63, 3.8) is 0 Å². The number of fused-ring (bicyclic) bond motifs is 3. The van der Waals surface area contributed by atoms with E-state index >= 15 is 0 Å². The standard InChI is InChI=1S/C19H17N3O.ClH/c20-8-12-2-1-3-13(6-12)14-4-5-16-17(7-14)19(23)22-10-15-9-21-11-18(15)16;/h1-7,15,18,21H,9-11H2,(H,22,23);1H. The summed E-state index contributed by atoms with van der Waals surface area (Å²) in [4.78, 5) is 12.5. The van der Waals surface area contributed by atoms with Gasteiger partial charge in [0.15, 0.2) is 0 Å². The predicted octanol–water partition coefficient (Wildman–Crippen LogP) is 2.69. The van der Waals surface area contributed by atoms with Gasteiger partial charge in [0.1, 0.15) is 0 Å². The van der Waals surface area contributed by atoms with Gasteiger partial charge in [-0.1, -0.05) is 24.3 Å². The van der Waals surface area contributed by atoms with Crippen LogP contribution in [0.25, 0.3) is 11.1 Å². The summed E-state index contributed by atoms with van der Waals surface area (Å²) in [6, 6.07) is 15.7. The Morgan fingerprint density at radius 3 is 2.71 bits per heavy atom. The van der Waals surface area contributed by atoms with E-state index in [4.69, 9.17) is 5.26 Å². The second-order valence-electron chi connectivity index (χ2n) is 6.23. The number of nitriles is 1. The van der Waals surface area contributed by atoms with Gasteiger partial charge in [0.25, 0.3) is 5.91 Å². The molecule has 4 rings (SSSR count). The number of hydrogen-bond acceptors (Lipinski definition) is 3. The molecular weight excluding hydrogens is 322 g/mol. The highest BCUT2D eigenvalue weighted by Gasteiger charge is 2.34. The van der Waals surface area contributed by atoms with E-state index in [1.165, 1.54) is 0 Å². The lowest BCUT2D eigenvalue weighted by molar-refractivity contribution is 0.0952. The zero-order valence-electron chi connectivity index (χ0n) is 13.1. The Hall–Kier alpha value is -2.35. The van der Waals surface area contributed by atoms with E-state index in [0.717, 1.165) is 41.9 Å². The quantitative estimate of drug-likeness (QED) is 0.839. The van der Waals surface area contributed by atoms with Gasteiger partial charge in [0.05, 0.1) is 11.6 Å². The van der Waals surface area contributed by atoms with Crippen molar-refractivity contribution < 1.29 is 4.79 Å².